The van der Waals surface area contributed by atoms with E-state index in [1.54, 1.807) is 11.3 Å². The van der Waals surface area contributed by atoms with Crippen molar-refractivity contribution < 1.29 is 0 Å². The summed E-state index contributed by atoms with van der Waals surface area (Å²) in [6, 6.07) is 4.28. The van der Waals surface area contributed by atoms with Gasteiger partial charge in [0.15, 0.2) is 0 Å². The standard InChI is InChI=1S/C9H14ClNS/c1-2-3-7(11)6-8-4-5-9(10)12-8/h4-5,7H,2-3,6,11H2,1H3. The Bertz CT molecular complexity index is 234. The molecule has 1 atom stereocenters. The zero-order valence-electron chi connectivity index (χ0n) is 7.22. The van der Waals surface area contributed by atoms with Crippen molar-refractivity contribution in [2.75, 3.05) is 0 Å². The Morgan fingerprint density at radius 1 is 1.58 bits per heavy atom. The zero-order valence-corrected chi connectivity index (χ0v) is 8.79. The molecule has 0 spiro atoms. The van der Waals surface area contributed by atoms with Crippen LogP contribution >= 0.6 is 22.9 Å². The Kier molecular flexibility index (Phi) is 4.06. The minimum absolute atomic E-state index is 0.296. The molecular formula is C9H14ClNS. The van der Waals surface area contributed by atoms with E-state index in [-0.39, 0.29) is 0 Å². The van der Waals surface area contributed by atoms with Crippen LogP contribution in [-0.4, -0.2) is 6.04 Å². The second kappa shape index (κ2) is 4.85. The van der Waals surface area contributed by atoms with Gasteiger partial charge in [-0.05, 0) is 25.0 Å². The van der Waals surface area contributed by atoms with Gasteiger partial charge in [0, 0.05) is 10.9 Å². The fraction of sp³-hybridized carbons (Fsp3) is 0.556. The molecule has 68 valence electrons. The Labute approximate surface area is 82.5 Å². The lowest BCUT2D eigenvalue weighted by Gasteiger charge is -2.07. The van der Waals surface area contributed by atoms with E-state index < -0.39 is 0 Å². The van der Waals surface area contributed by atoms with Crippen molar-refractivity contribution in [3.8, 4) is 0 Å². The summed E-state index contributed by atoms with van der Waals surface area (Å²) >= 11 is 7.43. The van der Waals surface area contributed by atoms with Gasteiger partial charge >= 0.3 is 0 Å². The van der Waals surface area contributed by atoms with E-state index in [4.69, 9.17) is 17.3 Å². The monoisotopic (exact) mass is 203 g/mol. The summed E-state index contributed by atoms with van der Waals surface area (Å²) in [5.74, 6) is 0. The first-order chi connectivity index (χ1) is 5.72. The van der Waals surface area contributed by atoms with Crippen molar-refractivity contribution in [1.82, 2.24) is 0 Å². The summed E-state index contributed by atoms with van der Waals surface area (Å²) in [7, 11) is 0. The molecule has 1 nitrogen and oxygen atoms in total. The largest absolute Gasteiger partial charge is 0.327 e. The fourth-order valence-electron chi connectivity index (χ4n) is 1.19. The van der Waals surface area contributed by atoms with E-state index in [2.05, 4.69) is 13.0 Å². The van der Waals surface area contributed by atoms with Crippen molar-refractivity contribution in [1.29, 1.82) is 0 Å². The van der Waals surface area contributed by atoms with Crippen LogP contribution < -0.4 is 5.73 Å². The molecule has 1 aromatic rings. The maximum Gasteiger partial charge on any atom is 0.0931 e. The molecule has 0 aliphatic rings. The van der Waals surface area contributed by atoms with Gasteiger partial charge in [0.05, 0.1) is 4.34 Å². The fourth-order valence-corrected chi connectivity index (χ4v) is 2.37. The molecule has 0 fully saturated rings. The van der Waals surface area contributed by atoms with Crippen LogP contribution in [0.2, 0.25) is 4.34 Å². The van der Waals surface area contributed by atoms with Crippen molar-refractivity contribution >= 4 is 22.9 Å². The number of halogens is 1. The molecule has 0 radical (unpaired) electrons. The van der Waals surface area contributed by atoms with Crippen LogP contribution in [0, 0.1) is 0 Å². The highest BCUT2D eigenvalue weighted by molar-refractivity contribution is 7.16. The summed E-state index contributed by atoms with van der Waals surface area (Å²) in [5, 5.41) is 0. The van der Waals surface area contributed by atoms with E-state index in [0.29, 0.717) is 6.04 Å². The molecule has 0 amide bonds. The summed E-state index contributed by atoms with van der Waals surface area (Å²) in [5.41, 5.74) is 5.89. The van der Waals surface area contributed by atoms with Gasteiger partial charge in [-0.3, -0.25) is 0 Å². The highest BCUT2D eigenvalue weighted by atomic mass is 35.5. The van der Waals surface area contributed by atoms with Gasteiger partial charge < -0.3 is 5.73 Å². The third-order valence-corrected chi connectivity index (χ3v) is 3.01. The second-order valence-electron chi connectivity index (χ2n) is 2.96. The molecular weight excluding hydrogens is 190 g/mol. The van der Waals surface area contributed by atoms with Gasteiger partial charge in [0.25, 0.3) is 0 Å². The molecule has 1 heterocycles. The lowest BCUT2D eigenvalue weighted by molar-refractivity contribution is 0.604. The smallest absolute Gasteiger partial charge is 0.0931 e. The van der Waals surface area contributed by atoms with E-state index >= 15 is 0 Å². The van der Waals surface area contributed by atoms with Gasteiger partial charge in [-0.2, -0.15) is 0 Å². The minimum Gasteiger partial charge on any atom is -0.327 e. The average molecular weight is 204 g/mol. The molecule has 0 aliphatic carbocycles. The van der Waals surface area contributed by atoms with Gasteiger partial charge in [0.2, 0.25) is 0 Å². The Morgan fingerprint density at radius 3 is 2.83 bits per heavy atom. The summed E-state index contributed by atoms with van der Waals surface area (Å²) in [6.45, 7) is 2.15. The number of rotatable bonds is 4. The zero-order chi connectivity index (χ0) is 8.97. The van der Waals surface area contributed by atoms with Crippen LogP contribution in [0.15, 0.2) is 12.1 Å². The molecule has 0 saturated heterocycles. The van der Waals surface area contributed by atoms with Crippen LogP contribution in [0.1, 0.15) is 24.6 Å². The van der Waals surface area contributed by atoms with Crippen molar-refractivity contribution in [3.63, 3.8) is 0 Å². The van der Waals surface area contributed by atoms with E-state index in [0.717, 1.165) is 23.6 Å². The highest BCUT2D eigenvalue weighted by Crippen LogP contribution is 2.22. The summed E-state index contributed by atoms with van der Waals surface area (Å²) < 4.78 is 0.855. The minimum atomic E-state index is 0.296. The molecule has 3 heteroatoms. The Balaban J connectivity index is 2.41. The van der Waals surface area contributed by atoms with Crippen molar-refractivity contribution in [2.45, 2.75) is 32.2 Å². The molecule has 12 heavy (non-hydrogen) atoms. The lowest BCUT2D eigenvalue weighted by atomic mass is 10.1. The quantitative estimate of drug-likeness (QED) is 0.800. The maximum absolute atomic E-state index is 5.89. The van der Waals surface area contributed by atoms with Crippen molar-refractivity contribution in [2.24, 2.45) is 5.73 Å². The lowest BCUT2D eigenvalue weighted by Crippen LogP contribution is -2.21. The first-order valence-electron chi connectivity index (χ1n) is 4.22. The molecule has 1 unspecified atom stereocenters. The number of nitrogens with two attached hydrogens (primary N) is 1. The molecule has 2 N–H and O–H groups in total. The molecule has 0 aliphatic heterocycles. The Morgan fingerprint density at radius 2 is 2.33 bits per heavy atom. The summed E-state index contributed by atoms with van der Waals surface area (Å²) in [6.07, 6.45) is 3.21. The molecule has 0 saturated carbocycles. The van der Waals surface area contributed by atoms with Gasteiger partial charge in [-0.1, -0.05) is 24.9 Å². The van der Waals surface area contributed by atoms with Crippen LogP contribution in [0.4, 0.5) is 0 Å². The maximum atomic E-state index is 5.89. The van der Waals surface area contributed by atoms with Crippen LogP contribution in [0.3, 0.4) is 0 Å². The molecule has 1 aromatic heterocycles. The average Bonchev–Trinajstić information content (AvgIpc) is 2.36. The van der Waals surface area contributed by atoms with Gasteiger partial charge in [0.1, 0.15) is 0 Å². The molecule has 1 rings (SSSR count). The van der Waals surface area contributed by atoms with Crippen LogP contribution in [0.25, 0.3) is 0 Å². The number of thiophene rings is 1. The second-order valence-corrected chi connectivity index (χ2v) is 4.76. The first-order valence-corrected chi connectivity index (χ1v) is 5.41. The third kappa shape index (κ3) is 3.13. The normalized spacial score (nSPS) is 13.2. The van der Waals surface area contributed by atoms with E-state index in [1.807, 2.05) is 6.07 Å². The van der Waals surface area contributed by atoms with Gasteiger partial charge in [-0.25, -0.2) is 0 Å². The predicted octanol–water partition coefficient (Wildman–Crippen LogP) is 3.07. The van der Waals surface area contributed by atoms with E-state index in [9.17, 15) is 0 Å². The predicted molar refractivity (Wildman–Crippen MR) is 55.9 cm³/mol. The van der Waals surface area contributed by atoms with E-state index in [1.165, 1.54) is 4.88 Å². The van der Waals surface area contributed by atoms with Gasteiger partial charge in [-0.15, -0.1) is 11.3 Å². The summed E-state index contributed by atoms with van der Waals surface area (Å²) in [4.78, 5) is 1.29. The van der Waals surface area contributed by atoms with Crippen LogP contribution in [0.5, 0.6) is 0 Å². The van der Waals surface area contributed by atoms with Crippen LogP contribution in [-0.2, 0) is 6.42 Å². The van der Waals surface area contributed by atoms with Crippen molar-refractivity contribution in [3.05, 3.63) is 21.3 Å². The molecule has 0 aromatic carbocycles. The molecule has 0 bridgehead atoms. The number of hydrogen-bond acceptors (Lipinski definition) is 2. The number of hydrogen-bond donors (Lipinski definition) is 1. The first kappa shape index (κ1) is 10.0. The Hall–Kier alpha value is -0.0500. The SMILES string of the molecule is CCCC(N)Cc1ccc(Cl)s1. The highest BCUT2D eigenvalue weighted by Gasteiger charge is 2.04. The topological polar surface area (TPSA) is 26.0 Å². The third-order valence-electron chi connectivity index (χ3n) is 1.75.